The molecule has 16 heavy (non-hydrogen) atoms. The maximum absolute atomic E-state index is 6.16. The number of piperidine rings is 1. The first kappa shape index (κ1) is 11.3. The molecule has 88 valence electrons. The zero-order valence-electron chi connectivity index (χ0n) is 10.1. The van der Waals surface area contributed by atoms with E-state index >= 15 is 0 Å². The molecule has 1 aliphatic heterocycles. The minimum atomic E-state index is -0.381. The van der Waals surface area contributed by atoms with Crippen LogP contribution in [0.1, 0.15) is 38.7 Å². The van der Waals surface area contributed by atoms with Crippen LogP contribution in [0.4, 0.5) is 5.82 Å². The van der Waals surface area contributed by atoms with Crippen LogP contribution in [0.3, 0.4) is 0 Å². The smallest absolute Gasteiger partial charge is 0.137 e. The van der Waals surface area contributed by atoms with Crippen LogP contribution in [0.5, 0.6) is 0 Å². The highest BCUT2D eigenvalue weighted by molar-refractivity contribution is 5.48. The lowest BCUT2D eigenvalue weighted by Crippen LogP contribution is -2.36. The monoisotopic (exact) mass is 220 g/mol. The minimum absolute atomic E-state index is 0.381. The molecule has 0 radical (unpaired) electrons. The molecule has 0 atom stereocenters. The molecular formula is C12H20N4. The van der Waals surface area contributed by atoms with Crippen molar-refractivity contribution in [1.29, 1.82) is 0 Å². The fraction of sp³-hybridized carbons (Fsp3) is 0.667. The maximum Gasteiger partial charge on any atom is 0.137 e. The zero-order valence-corrected chi connectivity index (χ0v) is 10.1. The van der Waals surface area contributed by atoms with Gasteiger partial charge in [-0.05, 0) is 33.1 Å². The van der Waals surface area contributed by atoms with Gasteiger partial charge in [0.2, 0.25) is 0 Å². The lowest BCUT2D eigenvalue weighted by Gasteiger charge is -2.32. The van der Waals surface area contributed by atoms with E-state index in [2.05, 4.69) is 14.9 Å². The average molecular weight is 220 g/mol. The second-order valence-electron chi connectivity index (χ2n) is 5.03. The van der Waals surface area contributed by atoms with Gasteiger partial charge in [0, 0.05) is 30.4 Å². The van der Waals surface area contributed by atoms with Crippen molar-refractivity contribution >= 4 is 5.82 Å². The molecule has 1 aliphatic rings. The Hall–Kier alpha value is -1.16. The second-order valence-corrected chi connectivity index (χ2v) is 5.03. The Morgan fingerprint density at radius 3 is 2.56 bits per heavy atom. The third-order valence-electron chi connectivity index (χ3n) is 3.04. The summed E-state index contributed by atoms with van der Waals surface area (Å²) in [5.41, 5.74) is 6.82. The van der Waals surface area contributed by atoms with Gasteiger partial charge in [0.15, 0.2) is 0 Å². The number of rotatable bonds is 2. The summed E-state index contributed by atoms with van der Waals surface area (Å²) in [6.45, 7) is 6.17. The highest BCUT2D eigenvalue weighted by Crippen LogP contribution is 2.27. The van der Waals surface area contributed by atoms with Gasteiger partial charge < -0.3 is 10.6 Å². The van der Waals surface area contributed by atoms with Gasteiger partial charge in [0.1, 0.15) is 12.1 Å². The van der Waals surface area contributed by atoms with E-state index in [9.17, 15) is 0 Å². The standard InChI is InChI=1S/C12H20N4/c1-12(2,13)10-8-14-9-15-11(10)16-6-4-3-5-7-16/h8-9H,3-7,13H2,1-2H3. The molecule has 1 fully saturated rings. The summed E-state index contributed by atoms with van der Waals surface area (Å²) in [7, 11) is 0. The van der Waals surface area contributed by atoms with Crippen LogP contribution in [0.2, 0.25) is 0 Å². The Morgan fingerprint density at radius 1 is 1.25 bits per heavy atom. The molecule has 0 saturated carbocycles. The van der Waals surface area contributed by atoms with E-state index < -0.39 is 0 Å². The van der Waals surface area contributed by atoms with Crippen molar-refractivity contribution in [3.05, 3.63) is 18.1 Å². The Labute approximate surface area is 96.9 Å². The SMILES string of the molecule is CC(C)(N)c1cncnc1N1CCCCC1. The first-order valence-corrected chi connectivity index (χ1v) is 5.93. The highest BCUT2D eigenvalue weighted by Gasteiger charge is 2.23. The van der Waals surface area contributed by atoms with Crippen LogP contribution < -0.4 is 10.6 Å². The van der Waals surface area contributed by atoms with Gasteiger partial charge in [-0.2, -0.15) is 0 Å². The van der Waals surface area contributed by atoms with Gasteiger partial charge in [-0.25, -0.2) is 9.97 Å². The van der Waals surface area contributed by atoms with E-state index in [0.717, 1.165) is 24.5 Å². The van der Waals surface area contributed by atoms with Crippen LogP contribution in [-0.2, 0) is 5.54 Å². The van der Waals surface area contributed by atoms with Gasteiger partial charge in [0.05, 0.1) is 0 Å². The van der Waals surface area contributed by atoms with Crippen LogP contribution in [0, 0.1) is 0 Å². The van der Waals surface area contributed by atoms with Gasteiger partial charge in [0.25, 0.3) is 0 Å². The Balaban J connectivity index is 2.32. The predicted molar refractivity (Wildman–Crippen MR) is 65.3 cm³/mol. The van der Waals surface area contributed by atoms with Crippen molar-refractivity contribution in [2.45, 2.75) is 38.6 Å². The molecule has 0 spiro atoms. The molecule has 0 aliphatic carbocycles. The normalized spacial score (nSPS) is 17.6. The summed E-state index contributed by atoms with van der Waals surface area (Å²) in [4.78, 5) is 10.8. The average Bonchev–Trinajstić information content (AvgIpc) is 2.29. The van der Waals surface area contributed by atoms with E-state index in [0.29, 0.717) is 0 Å². The molecule has 2 N–H and O–H groups in total. The zero-order chi connectivity index (χ0) is 11.6. The van der Waals surface area contributed by atoms with Gasteiger partial charge in [-0.15, -0.1) is 0 Å². The van der Waals surface area contributed by atoms with Gasteiger partial charge in [-0.1, -0.05) is 0 Å². The fourth-order valence-electron chi connectivity index (χ4n) is 2.14. The van der Waals surface area contributed by atoms with E-state index in [1.54, 1.807) is 6.33 Å². The lowest BCUT2D eigenvalue weighted by atomic mass is 9.96. The van der Waals surface area contributed by atoms with E-state index in [1.807, 2.05) is 20.0 Å². The molecule has 2 heterocycles. The summed E-state index contributed by atoms with van der Waals surface area (Å²) in [5, 5.41) is 0. The maximum atomic E-state index is 6.16. The number of anilines is 1. The van der Waals surface area contributed by atoms with Crippen molar-refractivity contribution in [3.8, 4) is 0 Å². The predicted octanol–water partition coefficient (Wildman–Crippen LogP) is 1.66. The molecule has 1 aromatic rings. The number of aromatic nitrogens is 2. The highest BCUT2D eigenvalue weighted by atomic mass is 15.2. The molecule has 2 rings (SSSR count). The van der Waals surface area contributed by atoms with Crippen molar-refractivity contribution < 1.29 is 0 Å². The Bertz CT molecular complexity index is 350. The third kappa shape index (κ3) is 2.32. The molecule has 4 nitrogen and oxygen atoms in total. The first-order chi connectivity index (χ1) is 7.59. The topological polar surface area (TPSA) is 55.0 Å². The third-order valence-corrected chi connectivity index (χ3v) is 3.04. The first-order valence-electron chi connectivity index (χ1n) is 5.93. The number of nitrogens with zero attached hydrogens (tertiary/aromatic N) is 3. The molecule has 0 aromatic carbocycles. The summed E-state index contributed by atoms with van der Waals surface area (Å²) in [5.74, 6) is 1.02. The van der Waals surface area contributed by atoms with Gasteiger partial charge >= 0.3 is 0 Å². The molecule has 0 bridgehead atoms. The van der Waals surface area contributed by atoms with Crippen molar-refractivity contribution in [1.82, 2.24) is 9.97 Å². The summed E-state index contributed by atoms with van der Waals surface area (Å²) >= 11 is 0. The Kier molecular flexibility index (Phi) is 3.10. The second kappa shape index (κ2) is 4.37. The summed E-state index contributed by atoms with van der Waals surface area (Å²) in [6, 6.07) is 0. The van der Waals surface area contributed by atoms with Gasteiger partial charge in [-0.3, -0.25) is 0 Å². The lowest BCUT2D eigenvalue weighted by molar-refractivity contribution is 0.530. The largest absolute Gasteiger partial charge is 0.356 e. The molecule has 0 unspecified atom stereocenters. The molecule has 4 heteroatoms. The van der Waals surface area contributed by atoms with Crippen molar-refractivity contribution in [2.24, 2.45) is 5.73 Å². The minimum Gasteiger partial charge on any atom is -0.356 e. The van der Waals surface area contributed by atoms with Crippen LogP contribution >= 0.6 is 0 Å². The van der Waals surface area contributed by atoms with Crippen LogP contribution in [0.25, 0.3) is 0 Å². The molecule has 1 aromatic heterocycles. The van der Waals surface area contributed by atoms with Crippen LogP contribution in [0.15, 0.2) is 12.5 Å². The fourth-order valence-corrected chi connectivity index (χ4v) is 2.14. The van der Waals surface area contributed by atoms with Crippen molar-refractivity contribution in [3.63, 3.8) is 0 Å². The van der Waals surface area contributed by atoms with E-state index in [4.69, 9.17) is 5.73 Å². The summed E-state index contributed by atoms with van der Waals surface area (Å²) < 4.78 is 0. The molecular weight excluding hydrogens is 200 g/mol. The number of nitrogens with two attached hydrogens (primary N) is 1. The van der Waals surface area contributed by atoms with Crippen molar-refractivity contribution in [2.75, 3.05) is 18.0 Å². The molecule has 1 saturated heterocycles. The number of hydrogen-bond donors (Lipinski definition) is 1. The van der Waals surface area contributed by atoms with Crippen LogP contribution in [-0.4, -0.2) is 23.1 Å². The Morgan fingerprint density at radius 2 is 1.94 bits per heavy atom. The van der Waals surface area contributed by atoms with E-state index in [1.165, 1.54) is 19.3 Å². The number of hydrogen-bond acceptors (Lipinski definition) is 4. The van der Waals surface area contributed by atoms with E-state index in [-0.39, 0.29) is 5.54 Å². The summed E-state index contributed by atoms with van der Waals surface area (Å²) in [6.07, 6.45) is 7.27. The molecule has 0 amide bonds. The quantitative estimate of drug-likeness (QED) is 0.823.